The van der Waals surface area contributed by atoms with Gasteiger partial charge in [-0.2, -0.15) is 0 Å². The number of rotatable bonds is 4. The molecule has 2 nitrogen and oxygen atoms in total. The van der Waals surface area contributed by atoms with E-state index in [4.69, 9.17) is 0 Å². The van der Waals surface area contributed by atoms with Gasteiger partial charge in [-0.15, -0.1) is 0 Å². The number of carbonyl (C=O) groups excluding carboxylic acids is 1. The Morgan fingerprint density at radius 3 is 2.85 bits per heavy atom. The lowest BCUT2D eigenvalue weighted by molar-refractivity contribution is -0.105. The van der Waals surface area contributed by atoms with Gasteiger partial charge in [0.25, 0.3) is 0 Å². The number of hydrogen-bond donors (Lipinski definition) is 1. The van der Waals surface area contributed by atoms with Crippen molar-refractivity contribution in [2.24, 2.45) is 5.92 Å². The van der Waals surface area contributed by atoms with E-state index in [9.17, 15) is 4.79 Å². The van der Waals surface area contributed by atoms with Crippen LogP contribution in [0.2, 0.25) is 0 Å². The summed E-state index contributed by atoms with van der Waals surface area (Å²) in [6, 6.07) is 7.94. The molecule has 0 aromatic heterocycles. The molecule has 0 saturated heterocycles. The van der Waals surface area contributed by atoms with Crippen LogP contribution in [0.1, 0.15) is 19.4 Å². The van der Waals surface area contributed by atoms with Gasteiger partial charge in [0.2, 0.25) is 6.41 Å². The highest BCUT2D eigenvalue weighted by Gasteiger charge is 1.98. The summed E-state index contributed by atoms with van der Waals surface area (Å²) in [5.74, 6) is 0.645. The van der Waals surface area contributed by atoms with E-state index in [2.05, 4.69) is 25.2 Å². The van der Waals surface area contributed by atoms with Gasteiger partial charge in [0.05, 0.1) is 0 Å². The monoisotopic (exact) mass is 177 g/mol. The fourth-order valence-corrected chi connectivity index (χ4v) is 1.33. The molecule has 0 aliphatic carbocycles. The normalized spacial score (nSPS) is 10.1. The molecule has 0 spiro atoms. The first kappa shape index (κ1) is 9.78. The molecule has 0 unspecified atom stereocenters. The minimum Gasteiger partial charge on any atom is -0.329 e. The third-order valence-electron chi connectivity index (χ3n) is 1.80. The van der Waals surface area contributed by atoms with Gasteiger partial charge in [-0.05, 0) is 30.0 Å². The Morgan fingerprint density at radius 2 is 2.23 bits per heavy atom. The van der Waals surface area contributed by atoms with Gasteiger partial charge >= 0.3 is 0 Å². The molecule has 0 saturated carbocycles. The first-order valence-electron chi connectivity index (χ1n) is 4.51. The highest BCUT2D eigenvalue weighted by atomic mass is 16.1. The smallest absolute Gasteiger partial charge is 0.211 e. The molecule has 1 aromatic rings. The molecule has 1 N–H and O–H groups in total. The van der Waals surface area contributed by atoms with Crippen molar-refractivity contribution in [1.82, 2.24) is 0 Å². The van der Waals surface area contributed by atoms with Crippen LogP contribution in [0.25, 0.3) is 0 Å². The van der Waals surface area contributed by atoms with E-state index in [0.717, 1.165) is 12.1 Å². The summed E-state index contributed by atoms with van der Waals surface area (Å²) in [4.78, 5) is 10.2. The molecule has 0 radical (unpaired) electrons. The maximum Gasteiger partial charge on any atom is 0.211 e. The summed E-state index contributed by atoms with van der Waals surface area (Å²) in [6.07, 6.45) is 1.75. The molecule has 0 bridgehead atoms. The Bertz CT molecular complexity index is 281. The molecule has 2 heteroatoms. The van der Waals surface area contributed by atoms with Crippen molar-refractivity contribution in [3.63, 3.8) is 0 Å². The summed E-state index contributed by atoms with van der Waals surface area (Å²) in [7, 11) is 0. The number of amides is 1. The number of anilines is 1. The van der Waals surface area contributed by atoms with E-state index in [-0.39, 0.29) is 0 Å². The zero-order valence-corrected chi connectivity index (χ0v) is 8.08. The van der Waals surface area contributed by atoms with E-state index in [1.165, 1.54) is 5.56 Å². The zero-order chi connectivity index (χ0) is 9.68. The van der Waals surface area contributed by atoms with Gasteiger partial charge in [0.1, 0.15) is 0 Å². The van der Waals surface area contributed by atoms with E-state index in [0.29, 0.717) is 12.3 Å². The lowest BCUT2D eigenvalue weighted by Gasteiger charge is -2.06. The third kappa shape index (κ3) is 3.28. The van der Waals surface area contributed by atoms with Crippen LogP contribution in [0.4, 0.5) is 5.69 Å². The Balaban J connectivity index is 2.72. The molecule has 13 heavy (non-hydrogen) atoms. The van der Waals surface area contributed by atoms with Crippen molar-refractivity contribution >= 4 is 12.1 Å². The summed E-state index contributed by atoms with van der Waals surface area (Å²) >= 11 is 0. The van der Waals surface area contributed by atoms with Crippen molar-refractivity contribution in [2.75, 3.05) is 5.32 Å². The number of carbonyl (C=O) groups is 1. The second-order valence-electron chi connectivity index (χ2n) is 3.56. The van der Waals surface area contributed by atoms with Crippen LogP contribution >= 0.6 is 0 Å². The second-order valence-corrected chi connectivity index (χ2v) is 3.56. The molecule has 1 aromatic carbocycles. The first-order chi connectivity index (χ1) is 6.22. The van der Waals surface area contributed by atoms with Gasteiger partial charge in [-0.25, -0.2) is 0 Å². The van der Waals surface area contributed by atoms with Gasteiger partial charge in [-0.1, -0.05) is 26.0 Å². The highest BCUT2D eigenvalue weighted by Crippen LogP contribution is 2.13. The molecule has 0 heterocycles. The molecular formula is C11H15NO. The lowest BCUT2D eigenvalue weighted by Crippen LogP contribution is -1.97. The van der Waals surface area contributed by atoms with E-state index < -0.39 is 0 Å². The van der Waals surface area contributed by atoms with E-state index in [1.807, 2.05) is 18.2 Å². The van der Waals surface area contributed by atoms with E-state index in [1.54, 1.807) is 0 Å². The summed E-state index contributed by atoms with van der Waals surface area (Å²) in [6.45, 7) is 4.36. The zero-order valence-electron chi connectivity index (χ0n) is 8.08. The lowest BCUT2D eigenvalue weighted by atomic mass is 10.0. The standard InChI is InChI=1S/C11H15NO/c1-9(2)6-10-4-3-5-11(7-10)12-8-13/h3-5,7-9H,6H2,1-2H3,(H,12,13). The Labute approximate surface area is 79.0 Å². The van der Waals surface area contributed by atoms with Crippen LogP contribution in [0.3, 0.4) is 0 Å². The number of hydrogen-bond acceptors (Lipinski definition) is 1. The maximum absolute atomic E-state index is 10.2. The molecule has 70 valence electrons. The molecule has 0 aliphatic heterocycles. The molecule has 0 fully saturated rings. The quantitative estimate of drug-likeness (QED) is 0.703. The van der Waals surface area contributed by atoms with Crippen molar-refractivity contribution < 1.29 is 4.79 Å². The Morgan fingerprint density at radius 1 is 1.46 bits per heavy atom. The maximum atomic E-state index is 10.2. The first-order valence-corrected chi connectivity index (χ1v) is 4.51. The summed E-state index contributed by atoms with van der Waals surface area (Å²) in [5, 5.41) is 2.64. The van der Waals surface area contributed by atoms with Crippen molar-refractivity contribution in [1.29, 1.82) is 0 Å². The van der Waals surface area contributed by atoms with Gasteiger partial charge in [-0.3, -0.25) is 4.79 Å². The van der Waals surface area contributed by atoms with Crippen LogP contribution in [0.5, 0.6) is 0 Å². The average molecular weight is 177 g/mol. The number of nitrogens with one attached hydrogen (secondary N) is 1. The molecular weight excluding hydrogens is 162 g/mol. The minimum absolute atomic E-state index is 0.645. The van der Waals surface area contributed by atoms with Gasteiger partial charge < -0.3 is 5.32 Å². The predicted molar refractivity (Wildman–Crippen MR) is 54.7 cm³/mol. The fraction of sp³-hybridized carbons (Fsp3) is 0.364. The average Bonchev–Trinajstić information content (AvgIpc) is 2.04. The Hall–Kier alpha value is -1.31. The summed E-state index contributed by atoms with van der Waals surface area (Å²) < 4.78 is 0. The minimum atomic E-state index is 0.645. The van der Waals surface area contributed by atoms with Crippen molar-refractivity contribution in [3.8, 4) is 0 Å². The van der Waals surface area contributed by atoms with Crippen LogP contribution in [0, 0.1) is 5.92 Å². The number of benzene rings is 1. The largest absolute Gasteiger partial charge is 0.329 e. The van der Waals surface area contributed by atoms with Gasteiger partial charge in [0.15, 0.2) is 0 Å². The molecule has 0 aliphatic rings. The Kier molecular flexibility index (Phi) is 3.50. The third-order valence-corrected chi connectivity index (χ3v) is 1.80. The molecule has 0 atom stereocenters. The van der Waals surface area contributed by atoms with Crippen LogP contribution in [-0.2, 0) is 11.2 Å². The predicted octanol–water partition coefficient (Wildman–Crippen LogP) is 2.45. The van der Waals surface area contributed by atoms with Crippen LogP contribution in [-0.4, -0.2) is 6.41 Å². The fourth-order valence-electron chi connectivity index (χ4n) is 1.33. The molecule has 1 rings (SSSR count). The SMILES string of the molecule is CC(C)Cc1cccc(NC=O)c1. The van der Waals surface area contributed by atoms with Gasteiger partial charge in [0, 0.05) is 5.69 Å². The van der Waals surface area contributed by atoms with Crippen LogP contribution < -0.4 is 5.32 Å². The van der Waals surface area contributed by atoms with E-state index >= 15 is 0 Å². The van der Waals surface area contributed by atoms with Crippen molar-refractivity contribution in [3.05, 3.63) is 29.8 Å². The molecule has 1 amide bonds. The second kappa shape index (κ2) is 4.65. The summed E-state index contributed by atoms with van der Waals surface area (Å²) in [5.41, 5.74) is 2.13. The van der Waals surface area contributed by atoms with Crippen molar-refractivity contribution in [2.45, 2.75) is 20.3 Å². The topological polar surface area (TPSA) is 29.1 Å². The van der Waals surface area contributed by atoms with Crippen LogP contribution in [0.15, 0.2) is 24.3 Å². The highest BCUT2D eigenvalue weighted by molar-refractivity contribution is 5.71.